The first-order chi connectivity index (χ1) is 11.8. The number of ketones is 2. The first-order valence-electron chi connectivity index (χ1n) is 9.85. The van der Waals surface area contributed by atoms with E-state index < -0.39 is 12.7 Å². The second-order valence-electron chi connectivity index (χ2n) is 9.44. The van der Waals surface area contributed by atoms with Crippen molar-refractivity contribution in [3.63, 3.8) is 0 Å². The van der Waals surface area contributed by atoms with Gasteiger partial charge in [-0.25, -0.2) is 0 Å². The van der Waals surface area contributed by atoms with E-state index in [4.69, 9.17) is 0 Å². The lowest BCUT2D eigenvalue weighted by atomic mass is 9.44. The van der Waals surface area contributed by atoms with Crippen LogP contribution in [0.25, 0.3) is 0 Å². The zero-order chi connectivity index (χ0) is 18.0. The maximum atomic E-state index is 12.2. The highest BCUT2D eigenvalue weighted by Crippen LogP contribution is 2.66. The minimum absolute atomic E-state index is 0.0430. The van der Waals surface area contributed by atoms with Crippen molar-refractivity contribution in [3.8, 4) is 0 Å². The molecule has 7 atom stereocenters. The fourth-order valence-electron chi connectivity index (χ4n) is 7.26. The number of carbonyl (C=O) groups is 2. The first-order valence-corrected chi connectivity index (χ1v) is 9.85. The van der Waals surface area contributed by atoms with Crippen LogP contribution in [0.2, 0.25) is 0 Å². The molecule has 0 heterocycles. The van der Waals surface area contributed by atoms with E-state index in [0.717, 1.165) is 31.3 Å². The predicted molar refractivity (Wildman–Crippen MR) is 93.7 cm³/mol. The fraction of sp³-hybridized carbons (Fsp3) is 0.810. The highest BCUT2D eigenvalue weighted by molar-refractivity contribution is 5.98. The SMILES string of the molecule is C[C@]12CCC(=O)C[C@@H]1CC[C@@H]1[C@@H]2[C@@H](O)C[C@]2(C)C(C(=O)CO)=CC[C@@H]12. The smallest absolute Gasteiger partial charge is 0.184 e. The number of rotatable bonds is 2. The molecule has 0 radical (unpaired) electrons. The Labute approximate surface area is 149 Å². The molecule has 4 nitrogen and oxygen atoms in total. The molecule has 0 aromatic carbocycles. The monoisotopic (exact) mass is 346 g/mol. The second kappa shape index (κ2) is 5.75. The summed E-state index contributed by atoms with van der Waals surface area (Å²) in [6, 6.07) is 0. The lowest BCUT2D eigenvalue weighted by Crippen LogP contribution is -2.58. The van der Waals surface area contributed by atoms with Gasteiger partial charge in [0.1, 0.15) is 12.4 Å². The molecule has 3 saturated carbocycles. The van der Waals surface area contributed by atoms with E-state index in [1.807, 2.05) is 6.08 Å². The van der Waals surface area contributed by atoms with E-state index in [-0.39, 0.29) is 22.5 Å². The Morgan fingerprint density at radius 2 is 2.08 bits per heavy atom. The van der Waals surface area contributed by atoms with Crippen molar-refractivity contribution in [3.05, 3.63) is 11.6 Å². The highest BCUT2D eigenvalue weighted by atomic mass is 16.3. The van der Waals surface area contributed by atoms with Crippen LogP contribution >= 0.6 is 0 Å². The molecule has 4 aliphatic carbocycles. The number of aliphatic hydroxyl groups is 2. The summed E-state index contributed by atoms with van der Waals surface area (Å²) in [6.45, 7) is 3.97. The third-order valence-electron chi connectivity index (χ3n) is 8.44. The molecule has 0 aliphatic heterocycles. The van der Waals surface area contributed by atoms with Crippen molar-refractivity contribution < 1.29 is 19.8 Å². The average molecular weight is 346 g/mol. The molecule has 4 heteroatoms. The summed E-state index contributed by atoms with van der Waals surface area (Å²) < 4.78 is 0. The average Bonchev–Trinajstić information content (AvgIpc) is 2.91. The molecule has 0 saturated heterocycles. The van der Waals surface area contributed by atoms with E-state index >= 15 is 0 Å². The van der Waals surface area contributed by atoms with E-state index in [2.05, 4.69) is 13.8 Å². The largest absolute Gasteiger partial charge is 0.393 e. The van der Waals surface area contributed by atoms with Crippen molar-refractivity contribution >= 4 is 11.6 Å². The molecule has 4 rings (SSSR count). The number of hydrogen-bond acceptors (Lipinski definition) is 4. The van der Waals surface area contributed by atoms with Gasteiger partial charge in [0.05, 0.1) is 6.10 Å². The van der Waals surface area contributed by atoms with E-state index in [1.165, 1.54) is 0 Å². The molecular formula is C21H30O4. The van der Waals surface area contributed by atoms with Crippen molar-refractivity contribution in [2.45, 2.75) is 64.9 Å². The highest BCUT2D eigenvalue weighted by Gasteiger charge is 2.62. The Hall–Kier alpha value is -1.00. The third kappa shape index (κ3) is 2.33. The summed E-state index contributed by atoms with van der Waals surface area (Å²) in [7, 11) is 0. The summed E-state index contributed by atoms with van der Waals surface area (Å²) in [6.07, 6.45) is 7.41. The quantitative estimate of drug-likeness (QED) is 0.806. The molecule has 0 aromatic heterocycles. The topological polar surface area (TPSA) is 74.6 Å². The Kier molecular flexibility index (Phi) is 4.01. The molecule has 0 bridgehead atoms. The lowest BCUT2D eigenvalue weighted by molar-refractivity contribution is -0.165. The second-order valence-corrected chi connectivity index (χ2v) is 9.44. The third-order valence-corrected chi connectivity index (χ3v) is 8.44. The number of hydrogen-bond donors (Lipinski definition) is 2. The van der Waals surface area contributed by atoms with Crippen LogP contribution in [0.15, 0.2) is 11.6 Å². The zero-order valence-corrected chi connectivity index (χ0v) is 15.3. The molecule has 0 amide bonds. The van der Waals surface area contributed by atoms with Gasteiger partial charge in [0.15, 0.2) is 5.78 Å². The van der Waals surface area contributed by atoms with Crippen molar-refractivity contribution in [2.24, 2.45) is 34.5 Å². The summed E-state index contributed by atoms with van der Waals surface area (Å²) in [5.74, 6) is 1.62. The molecule has 25 heavy (non-hydrogen) atoms. The lowest BCUT2D eigenvalue weighted by Gasteiger charge is -2.61. The number of fused-ring (bicyclic) bond motifs is 5. The van der Waals surface area contributed by atoms with Crippen LogP contribution in [0.1, 0.15) is 58.8 Å². The van der Waals surface area contributed by atoms with Crippen molar-refractivity contribution in [1.29, 1.82) is 0 Å². The zero-order valence-electron chi connectivity index (χ0n) is 15.3. The summed E-state index contributed by atoms with van der Waals surface area (Å²) in [4.78, 5) is 24.2. The number of aliphatic hydroxyl groups excluding tert-OH is 2. The maximum absolute atomic E-state index is 12.2. The molecular weight excluding hydrogens is 316 g/mol. The Balaban J connectivity index is 1.67. The summed E-state index contributed by atoms with van der Waals surface area (Å²) >= 11 is 0. The molecule has 3 fully saturated rings. The molecule has 0 aromatic rings. The van der Waals surface area contributed by atoms with Crippen LogP contribution in [0.4, 0.5) is 0 Å². The molecule has 0 unspecified atom stereocenters. The van der Waals surface area contributed by atoms with Crippen LogP contribution in [-0.4, -0.2) is 34.5 Å². The van der Waals surface area contributed by atoms with E-state index in [1.54, 1.807) is 0 Å². The first kappa shape index (κ1) is 17.4. The van der Waals surface area contributed by atoms with Crippen LogP contribution in [-0.2, 0) is 9.59 Å². The van der Waals surface area contributed by atoms with Gasteiger partial charge in [-0.15, -0.1) is 0 Å². The van der Waals surface area contributed by atoms with Crippen molar-refractivity contribution in [2.75, 3.05) is 6.61 Å². The molecule has 2 N–H and O–H groups in total. The molecule has 0 spiro atoms. The van der Waals surface area contributed by atoms with Crippen molar-refractivity contribution in [1.82, 2.24) is 0 Å². The van der Waals surface area contributed by atoms with Crippen LogP contribution in [0, 0.1) is 34.5 Å². The number of allylic oxidation sites excluding steroid dienone is 1. The predicted octanol–water partition coefficient (Wildman–Crippen LogP) is 2.67. The molecule has 138 valence electrons. The van der Waals surface area contributed by atoms with Gasteiger partial charge in [-0.2, -0.15) is 0 Å². The Morgan fingerprint density at radius 1 is 1.32 bits per heavy atom. The van der Waals surface area contributed by atoms with Crippen LogP contribution in [0.3, 0.4) is 0 Å². The van der Waals surface area contributed by atoms with Gasteiger partial charge in [0.25, 0.3) is 0 Å². The van der Waals surface area contributed by atoms with Gasteiger partial charge in [0.2, 0.25) is 0 Å². The Morgan fingerprint density at radius 3 is 2.80 bits per heavy atom. The number of carbonyl (C=O) groups excluding carboxylic acids is 2. The van der Waals surface area contributed by atoms with Gasteiger partial charge in [0, 0.05) is 18.3 Å². The van der Waals surface area contributed by atoms with Gasteiger partial charge in [-0.3, -0.25) is 9.59 Å². The standard InChI is InChI=1S/C21H30O4/c1-20-8-7-13(23)9-12(20)3-4-14-15-5-6-16(18(25)11-22)21(15,2)10-17(24)19(14)20/h6,12,14-15,17,19,22,24H,3-5,7-11H2,1-2H3/t12-,14-,15-,17-,19+,20-,21-/m0/s1. The van der Waals surface area contributed by atoms with Gasteiger partial charge in [-0.05, 0) is 66.8 Å². The Bertz CT molecular complexity index is 638. The van der Waals surface area contributed by atoms with E-state index in [0.29, 0.717) is 42.8 Å². The maximum Gasteiger partial charge on any atom is 0.184 e. The summed E-state index contributed by atoms with van der Waals surface area (Å²) in [5.41, 5.74) is 0.471. The normalized spacial score (nSPS) is 49.0. The van der Waals surface area contributed by atoms with Crippen LogP contribution in [0.5, 0.6) is 0 Å². The van der Waals surface area contributed by atoms with Gasteiger partial charge >= 0.3 is 0 Å². The van der Waals surface area contributed by atoms with Crippen LogP contribution < -0.4 is 0 Å². The minimum atomic E-state index is -0.444. The minimum Gasteiger partial charge on any atom is -0.393 e. The van der Waals surface area contributed by atoms with Gasteiger partial charge < -0.3 is 10.2 Å². The van der Waals surface area contributed by atoms with Gasteiger partial charge in [-0.1, -0.05) is 19.9 Å². The summed E-state index contributed by atoms with van der Waals surface area (Å²) in [5, 5.41) is 20.5. The molecule has 4 aliphatic rings. The number of Topliss-reactive ketones (excluding diaryl/α,β-unsaturated/α-hetero) is 2. The van der Waals surface area contributed by atoms with E-state index in [9.17, 15) is 19.8 Å². The fourth-order valence-corrected chi connectivity index (χ4v) is 7.26.